The first kappa shape index (κ1) is 19.6. The maximum atomic E-state index is 12.3. The van der Waals surface area contributed by atoms with Gasteiger partial charge in [-0.25, -0.2) is 9.97 Å². The van der Waals surface area contributed by atoms with Crippen molar-refractivity contribution in [2.75, 3.05) is 23.3 Å². The molecule has 4 heterocycles. The number of aryl methyl sites for hydroxylation is 3. The van der Waals surface area contributed by atoms with Crippen LogP contribution in [0.15, 0.2) is 23.1 Å². The molecule has 0 radical (unpaired) electrons. The lowest BCUT2D eigenvalue weighted by Crippen LogP contribution is -2.30. The first-order valence-electron chi connectivity index (χ1n) is 10.0. The number of rotatable bonds is 5. The Morgan fingerprint density at radius 2 is 2.03 bits per heavy atom. The number of nitrogens with one attached hydrogen (secondary N) is 2. The fraction of sp³-hybridized carbons (Fsp3) is 0.429. The van der Waals surface area contributed by atoms with Crippen LogP contribution in [0.4, 0.5) is 11.5 Å². The number of hydrogen-bond donors (Lipinski definition) is 2. The number of thiophene rings is 1. The van der Waals surface area contributed by atoms with Crippen molar-refractivity contribution in [3.8, 4) is 0 Å². The molecule has 1 saturated heterocycles. The standard InChI is InChI=1S/C21H25N5O2S/c1-13-14(2)29-21-19(13)20(28)24-16(25-21)7-9-18(27)23-15-6-8-17(22-12-15)26-10-4-3-5-11-26/h6,8,12H,3-5,7,9-11H2,1-2H3,(H,23,27)(H,24,25,28). The van der Waals surface area contributed by atoms with Crippen LogP contribution >= 0.6 is 11.3 Å². The second-order valence-electron chi connectivity index (χ2n) is 7.48. The Morgan fingerprint density at radius 1 is 1.24 bits per heavy atom. The fourth-order valence-corrected chi connectivity index (χ4v) is 4.69. The molecule has 4 rings (SSSR count). The lowest BCUT2D eigenvalue weighted by molar-refractivity contribution is -0.116. The number of H-pyrrole nitrogens is 1. The number of aromatic amines is 1. The maximum absolute atomic E-state index is 12.3. The second-order valence-corrected chi connectivity index (χ2v) is 8.68. The van der Waals surface area contributed by atoms with Crippen LogP contribution in [0.25, 0.3) is 10.2 Å². The van der Waals surface area contributed by atoms with Crippen molar-refractivity contribution >= 4 is 39.0 Å². The van der Waals surface area contributed by atoms with Crippen molar-refractivity contribution in [2.24, 2.45) is 0 Å². The summed E-state index contributed by atoms with van der Waals surface area (Å²) in [7, 11) is 0. The van der Waals surface area contributed by atoms with E-state index in [-0.39, 0.29) is 17.9 Å². The van der Waals surface area contributed by atoms with Crippen molar-refractivity contribution in [1.29, 1.82) is 0 Å². The van der Waals surface area contributed by atoms with Crippen molar-refractivity contribution < 1.29 is 4.79 Å². The van der Waals surface area contributed by atoms with E-state index in [9.17, 15) is 9.59 Å². The third-order valence-corrected chi connectivity index (χ3v) is 6.49. The molecule has 1 amide bonds. The number of carbonyl (C=O) groups excluding carboxylic acids is 1. The number of carbonyl (C=O) groups is 1. The van der Waals surface area contributed by atoms with Gasteiger partial charge in [0, 0.05) is 30.8 Å². The molecule has 1 aliphatic heterocycles. The number of pyridine rings is 1. The minimum absolute atomic E-state index is 0.126. The Morgan fingerprint density at radius 3 is 2.76 bits per heavy atom. The van der Waals surface area contributed by atoms with Gasteiger partial charge in [0.05, 0.1) is 17.3 Å². The van der Waals surface area contributed by atoms with Crippen LogP contribution in [0.5, 0.6) is 0 Å². The van der Waals surface area contributed by atoms with Crippen LogP contribution in [0, 0.1) is 13.8 Å². The average molecular weight is 412 g/mol. The van der Waals surface area contributed by atoms with Gasteiger partial charge in [-0.05, 0) is 50.8 Å². The molecule has 7 nitrogen and oxygen atoms in total. The minimum atomic E-state index is -0.134. The molecular formula is C21H25N5O2S. The Hall–Kier alpha value is -2.74. The summed E-state index contributed by atoms with van der Waals surface area (Å²) in [5.41, 5.74) is 1.52. The number of piperidine rings is 1. The lowest BCUT2D eigenvalue weighted by Gasteiger charge is -2.27. The molecule has 0 aliphatic carbocycles. The summed E-state index contributed by atoms with van der Waals surface area (Å²) in [6.07, 6.45) is 6.01. The number of fused-ring (bicyclic) bond motifs is 1. The molecule has 0 unspecified atom stereocenters. The molecule has 29 heavy (non-hydrogen) atoms. The predicted molar refractivity (Wildman–Crippen MR) is 117 cm³/mol. The zero-order valence-corrected chi connectivity index (χ0v) is 17.6. The van der Waals surface area contributed by atoms with Gasteiger partial charge in [0.2, 0.25) is 5.91 Å². The smallest absolute Gasteiger partial charge is 0.259 e. The molecule has 3 aromatic rings. The van der Waals surface area contributed by atoms with E-state index >= 15 is 0 Å². The van der Waals surface area contributed by atoms with Gasteiger partial charge in [0.25, 0.3) is 5.56 Å². The molecule has 152 valence electrons. The minimum Gasteiger partial charge on any atom is -0.357 e. The molecule has 0 atom stereocenters. The summed E-state index contributed by atoms with van der Waals surface area (Å²) >= 11 is 1.51. The molecule has 0 saturated carbocycles. The van der Waals surface area contributed by atoms with Crippen molar-refractivity contribution in [3.63, 3.8) is 0 Å². The van der Waals surface area contributed by atoms with Crippen molar-refractivity contribution in [2.45, 2.75) is 46.0 Å². The van der Waals surface area contributed by atoms with Crippen molar-refractivity contribution in [3.05, 3.63) is 44.9 Å². The lowest BCUT2D eigenvalue weighted by atomic mass is 10.1. The Bertz CT molecular complexity index is 1080. The van der Waals surface area contributed by atoms with Crippen LogP contribution in [-0.4, -0.2) is 33.9 Å². The first-order chi connectivity index (χ1) is 14.0. The normalized spacial score (nSPS) is 14.3. The van der Waals surface area contributed by atoms with Gasteiger partial charge >= 0.3 is 0 Å². The first-order valence-corrected chi connectivity index (χ1v) is 10.8. The Labute approximate surface area is 173 Å². The molecule has 8 heteroatoms. The van der Waals surface area contributed by atoms with E-state index in [1.54, 1.807) is 6.20 Å². The summed E-state index contributed by atoms with van der Waals surface area (Å²) in [5, 5.41) is 3.52. The number of aromatic nitrogens is 3. The number of hydrogen-bond acceptors (Lipinski definition) is 6. The highest BCUT2D eigenvalue weighted by molar-refractivity contribution is 7.18. The van der Waals surface area contributed by atoms with Crippen LogP contribution < -0.4 is 15.8 Å². The summed E-state index contributed by atoms with van der Waals surface area (Å²) in [6.45, 7) is 6.00. The van der Waals surface area contributed by atoms with Gasteiger partial charge in [-0.2, -0.15) is 0 Å². The highest BCUT2D eigenvalue weighted by Gasteiger charge is 2.14. The summed E-state index contributed by atoms with van der Waals surface area (Å²) in [4.78, 5) is 40.6. The van der Waals surface area contributed by atoms with Crippen LogP contribution in [0.3, 0.4) is 0 Å². The molecule has 1 fully saturated rings. The second kappa shape index (κ2) is 8.32. The van der Waals surface area contributed by atoms with Gasteiger partial charge in [-0.1, -0.05) is 0 Å². The van der Waals surface area contributed by atoms with E-state index in [1.807, 2.05) is 26.0 Å². The average Bonchev–Trinajstić information content (AvgIpc) is 3.02. The van der Waals surface area contributed by atoms with Gasteiger partial charge in [0.15, 0.2) is 0 Å². The van der Waals surface area contributed by atoms with E-state index in [4.69, 9.17) is 0 Å². The highest BCUT2D eigenvalue weighted by Crippen LogP contribution is 2.25. The molecule has 2 N–H and O–H groups in total. The van der Waals surface area contributed by atoms with Crippen LogP contribution in [-0.2, 0) is 11.2 Å². The van der Waals surface area contributed by atoms with Crippen molar-refractivity contribution in [1.82, 2.24) is 15.0 Å². The van der Waals surface area contributed by atoms with Gasteiger partial charge in [-0.3, -0.25) is 9.59 Å². The van der Waals surface area contributed by atoms with Gasteiger partial charge in [0.1, 0.15) is 16.5 Å². The number of amides is 1. The molecular weight excluding hydrogens is 386 g/mol. The van der Waals surface area contributed by atoms with Gasteiger partial charge < -0.3 is 15.2 Å². The Kier molecular flexibility index (Phi) is 5.62. The van der Waals surface area contributed by atoms with E-state index < -0.39 is 0 Å². The third kappa shape index (κ3) is 4.32. The number of anilines is 2. The topological polar surface area (TPSA) is 91.0 Å². The Balaban J connectivity index is 1.36. The SMILES string of the molecule is Cc1sc2nc(CCC(=O)Nc3ccc(N4CCCCC4)nc3)[nH]c(=O)c2c1C. The third-order valence-electron chi connectivity index (χ3n) is 5.39. The maximum Gasteiger partial charge on any atom is 0.259 e. The quantitative estimate of drug-likeness (QED) is 0.670. The van der Waals surface area contributed by atoms with E-state index in [2.05, 4.69) is 25.2 Å². The largest absolute Gasteiger partial charge is 0.357 e. The molecule has 3 aromatic heterocycles. The predicted octanol–water partition coefficient (Wildman–Crippen LogP) is 3.56. The monoisotopic (exact) mass is 411 g/mol. The van der Waals surface area contributed by atoms with Crippen LogP contribution in [0.1, 0.15) is 41.9 Å². The molecule has 0 spiro atoms. The summed E-state index contributed by atoms with van der Waals surface area (Å²) < 4.78 is 0. The zero-order valence-electron chi connectivity index (χ0n) is 16.7. The fourth-order valence-electron chi connectivity index (χ4n) is 3.64. The van der Waals surface area contributed by atoms with Gasteiger partial charge in [-0.15, -0.1) is 11.3 Å². The molecule has 0 bridgehead atoms. The van der Waals surface area contributed by atoms with E-state index in [1.165, 1.54) is 30.6 Å². The number of nitrogens with zero attached hydrogens (tertiary/aromatic N) is 3. The van der Waals surface area contributed by atoms with E-state index in [0.717, 1.165) is 34.2 Å². The summed E-state index contributed by atoms with van der Waals surface area (Å²) in [6, 6.07) is 3.84. The highest BCUT2D eigenvalue weighted by atomic mass is 32.1. The molecule has 0 aromatic carbocycles. The van der Waals surface area contributed by atoms with Crippen LogP contribution in [0.2, 0.25) is 0 Å². The summed E-state index contributed by atoms with van der Waals surface area (Å²) in [5.74, 6) is 1.37. The zero-order chi connectivity index (χ0) is 20.4. The van der Waals surface area contributed by atoms with E-state index in [0.29, 0.717) is 23.3 Å². The molecule has 1 aliphatic rings.